The molecule has 0 aromatic carbocycles. The molecule has 0 nitrogen and oxygen atoms in total. The van der Waals surface area contributed by atoms with Gasteiger partial charge < -0.3 is 0 Å². The minimum absolute atomic E-state index is 0.944. The molecule has 0 bridgehead atoms. The van der Waals surface area contributed by atoms with E-state index in [-0.39, 0.29) is 0 Å². The summed E-state index contributed by atoms with van der Waals surface area (Å²) in [5.41, 5.74) is 0. The van der Waals surface area contributed by atoms with E-state index in [0.29, 0.717) is 0 Å². The maximum absolute atomic E-state index is 3.12. The lowest BCUT2D eigenvalue weighted by molar-refractivity contribution is 1.19. The highest BCUT2D eigenvalue weighted by Gasteiger charge is 1.92. The first-order valence-corrected chi connectivity index (χ1v) is 5.76. The van der Waals surface area contributed by atoms with Gasteiger partial charge in [-0.1, -0.05) is 39.5 Å². The normalized spacial score (nSPS) is 8.00. The number of thiophene rings is 1. The molecule has 1 rings (SSSR count). The maximum Gasteiger partial charge on any atom is 0.0771 e. The third-order valence-corrected chi connectivity index (χ3v) is 2.54. The first-order chi connectivity index (χ1) is 6.36. The summed E-state index contributed by atoms with van der Waals surface area (Å²) in [6, 6.07) is 4.26. The third kappa shape index (κ3) is 4.75. The molecule has 13 heavy (non-hydrogen) atoms. The molecule has 1 heterocycles. The van der Waals surface area contributed by atoms with E-state index in [4.69, 9.17) is 0 Å². The summed E-state index contributed by atoms with van der Waals surface area (Å²) in [7, 11) is 0. The quantitative estimate of drug-likeness (QED) is 0.590. The molecule has 0 saturated heterocycles. The van der Waals surface area contributed by atoms with Gasteiger partial charge in [0.15, 0.2) is 0 Å². The Hall–Kier alpha value is -0.740. The van der Waals surface area contributed by atoms with Gasteiger partial charge in [0.05, 0.1) is 4.88 Å². The van der Waals surface area contributed by atoms with Crippen molar-refractivity contribution in [1.82, 2.24) is 0 Å². The summed E-state index contributed by atoms with van der Waals surface area (Å²) >= 11 is 1.80. The molecule has 0 atom stereocenters. The zero-order valence-electron chi connectivity index (χ0n) is 8.98. The Bertz CT molecular complexity index is 273. The van der Waals surface area contributed by atoms with Crippen LogP contribution in [0, 0.1) is 11.8 Å². The summed E-state index contributed by atoms with van der Waals surface area (Å²) in [6.07, 6.45) is 2.07. The molecule has 0 aliphatic carbocycles. The van der Waals surface area contributed by atoms with Crippen molar-refractivity contribution in [3.8, 4) is 11.8 Å². The minimum Gasteiger partial charge on any atom is -0.132 e. The second kappa shape index (κ2) is 7.89. The molecule has 0 N–H and O–H groups in total. The van der Waals surface area contributed by atoms with Crippen LogP contribution in [-0.2, 0) is 6.42 Å². The van der Waals surface area contributed by atoms with Gasteiger partial charge in [0, 0.05) is 11.3 Å². The summed E-state index contributed by atoms with van der Waals surface area (Å²) in [5, 5.41) is 0. The second-order valence-electron chi connectivity index (χ2n) is 2.27. The van der Waals surface area contributed by atoms with Crippen LogP contribution in [0.5, 0.6) is 0 Å². The fraction of sp³-hybridized carbons (Fsp3) is 0.500. The number of hydrogen-bond acceptors (Lipinski definition) is 1. The Labute approximate surface area is 86.0 Å². The summed E-state index contributed by atoms with van der Waals surface area (Å²) < 4.78 is 0. The molecule has 1 aromatic heterocycles. The summed E-state index contributed by atoms with van der Waals surface area (Å²) in [5.74, 6) is 6.18. The van der Waals surface area contributed by atoms with Gasteiger partial charge in [0.1, 0.15) is 0 Å². The van der Waals surface area contributed by atoms with Gasteiger partial charge in [0.25, 0.3) is 0 Å². The van der Waals surface area contributed by atoms with E-state index >= 15 is 0 Å². The van der Waals surface area contributed by atoms with Gasteiger partial charge in [-0.3, -0.25) is 0 Å². The van der Waals surface area contributed by atoms with Gasteiger partial charge in [-0.25, -0.2) is 0 Å². The lowest BCUT2D eigenvalue weighted by atomic mass is 10.3. The van der Waals surface area contributed by atoms with Crippen LogP contribution in [0.4, 0.5) is 0 Å². The van der Waals surface area contributed by atoms with Crippen LogP contribution >= 0.6 is 11.3 Å². The first kappa shape index (κ1) is 12.3. The standard InChI is InChI=1S/C10H12S.C2H6/c1-3-5-6-10-8-7-9(4-2)11-10;1-2/h7-8H,3-4H2,1-2H3;1-2H3. The molecule has 1 heteroatoms. The van der Waals surface area contributed by atoms with Gasteiger partial charge in [0.2, 0.25) is 0 Å². The molecule has 0 unspecified atom stereocenters. The van der Waals surface area contributed by atoms with Crippen molar-refractivity contribution >= 4 is 11.3 Å². The highest BCUT2D eigenvalue weighted by Crippen LogP contribution is 2.15. The second-order valence-corrected chi connectivity index (χ2v) is 3.44. The Morgan fingerprint density at radius 3 is 2.38 bits per heavy atom. The largest absolute Gasteiger partial charge is 0.132 e. The van der Waals surface area contributed by atoms with Crippen LogP contribution in [0.25, 0.3) is 0 Å². The van der Waals surface area contributed by atoms with E-state index in [9.17, 15) is 0 Å². The van der Waals surface area contributed by atoms with Crippen molar-refractivity contribution in [3.05, 3.63) is 21.9 Å². The highest BCUT2D eigenvalue weighted by molar-refractivity contribution is 7.12. The fourth-order valence-corrected chi connectivity index (χ4v) is 1.63. The van der Waals surface area contributed by atoms with Crippen molar-refractivity contribution in [2.45, 2.75) is 40.5 Å². The number of hydrogen-bond donors (Lipinski definition) is 0. The Morgan fingerprint density at radius 2 is 1.92 bits per heavy atom. The van der Waals surface area contributed by atoms with Crippen LogP contribution < -0.4 is 0 Å². The van der Waals surface area contributed by atoms with Crippen molar-refractivity contribution in [3.63, 3.8) is 0 Å². The molecule has 0 aliphatic rings. The van der Waals surface area contributed by atoms with Crippen LogP contribution in [0.2, 0.25) is 0 Å². The van der Waals surface area contributed by atoms with E-state index in [0.717, 1.165) is 12.8 Å². The zero-order valence-corrected chi connectivity index (χ0v) is 9.79. The van der Waals surface area contributed by atoms with Crippen molar-refractivity contribution in [1.29, 1.82) is 0 Å². The Kier molecular flexibility index (Phi) is 7.44. The molecular formula is C12H18S. The molecule has 0 aliphatic heterocycles. The molecule has 0 amide bonds. The predicted molar refractivity (Wildman–Crippen MR) is 62.2 cm³/mol. The van der Waals surface area contributed by atoms with E-state index in [2.05, 4.69) is 37.8 Å². The average Bonchev–Trinajstić information content (AvgIpc) is 2.65. The third-order valence-electron chi connectivity index (χ3n) is 1.40. The molecule has 0 spiro atoms. The number of aryl methyl sites for hydroxylation is 1. The van der Waals surface area contributed by atoms with E-state index < -0.39 is 0 Å². The van der Waals surface area contributed by atoms with Crippen molar-refractivity contribution in [2.75, 3.05) is 0 Å². The molecule has 0 radical (unpaired) electrons. The van der Waals surface area contributed by atoms with E-state index in [1.54, 1.807) is 11.3 Å². The van der Waals surface area contributed by atoms with Crippen LogP contribution in [0.1, 0.15) is 43.9 Å². The van der Waals surface area contributed by atoms with Crippen molar-refractivity contribution < 1.29 is 0 Å². The Morgan fingerprint density at radius 1 is 1.23 bits per heavy atom. The molecule has 72 valence electrons. The van der Waals surface area contributed by atoms with Crippen molar-refractivity contribution in [2.24, 2.45) is 0 Å². The monoisotopic (exact) mass is 194 g/mol. The van der Waals surface area contributed by atoms with Gasteiger partial charge in [-0.05, 0) is 18.6 Å². The molecule has 0 fully saturated rings. The molecule has 0 saturated carbocycles. The summed E-state index contributed by atoms with van der Waals surface area (Å²) in [4.78, 5) is 2.62. The summed E-state index contributed by atoms with van der Waals surface area (Å²) in [6.45, 7) is 8.24. The SMILES string of the molecule is CC.CCC#Cc1ccc(CC)s1. The van der Waals surface area contributed by atoms with Crippen LogP contribution in [0.3, 0.4) is 0 Å². The highest BCUT2D eigenvalue weighted by atomic mass is 32.1. The van der Waals surface area contributed by atoms with Gasteiger partial charge in [-0.15, -0.1) is 11.3 Å². The van der Waals surface area contributed by atoms with Crippen LogP contribution in [-0.4, -0.2) is 0 Å². The molecule has 1 aromatic rings. The van der Waals surface area contributed by atoms with Gasteiger partial charge in [-0.2, -0.15) is 0 Å². The Balaban J connectivity index is 0.000000671. The fourth-order valence-electron chi connectivity index (χ4n) is 0.811. The maximum atomic E-state index is 3.12. The smallest absolute Gasteiger partial charge is 0.0771 e. The lowest BCUT2D eigenvalue weighted by Gasteiger charge is -1.81. The van der Waals surface area contributed by atoms with Gasteiger partial charge >= 0.3 is 0 Å². The predicted octanol–water partition coefficient (Wildman–Crippen LogP) is 4.10. The first-order valence-electron chi connectivity index (χ1n) is 4.94. The number of rotatable bonds is 1. The topological polar surface area (TPSA) is 0 Å². The minimum atomic E-state index is 0.944. The molecular weight excluding hydrogens is 176 g/mol. The van der Waals surface area contributed by atoms with Crippen LogP contribution in [0.15, 0.2) is 12.1 Å². The van der Waals surface area contributed by atoms with E-state index in [1.807, 2.05) is 13.8 Å². The average molecular weight is 194 g/mol. The lowest BCUT2D eigenvalue weighted by Crippen LogP contribution is -1.64. The van der Waals surface area contributed by atoms with E-state index in [1.165, 1.54) is 9.75 Å². The zero-order chi connectivity index (χ0) is 10.1.